The fourth-order valence-corrected chi connectivity index (χ4v) is 3.64. The summed E-state index contributed by atoms with van der Waals surface area (Å²) >= 11 is 0. The zero-order valence-corrected chi connectivity index (χ0v) is 16.4. The summed E-state index contributed by atoms with van der Waals surface area (Å²) in [6.45, 7) is 4.48. The minimum atomic E-state index is -0.457. The fourth-order valence-electron chi connectivity index (χ4n) is 3.64. The number of hydrogen-bond donors (Lipinski definition) is 2. The van der Waals surface area contributed by atoms with Crippen molar-refractivity contribution in [1.82, 2.24) is 9.88 Å². The number of ether oxygens (including phenoxy) is 1. The molecule has 1 aliphatic rings. The number of anilines is 1. The van der Waals surface area contributed by atoms with E-state index in [1.165, 1.54) is 7.11 Å². The maximum Gasteiger partial charge on any atom is 0.339 e. The number of hydrogen-bond acceptors (Lipinski definition) is 4. The third-order valence-corrected chi connectivity index (χ3v) is 5.24. The maximum absolute atomic E-state index is 12.9. The van der Waals surface area contributed by atoms with Crippen LogP contribution in [0.4, 0.5) is 5.69 Å². The summed E-state index contributed by atoms with van der Waals surface area (Å²) in [6, 6.07) is 9.35. The number of nitrogens with zero attached hydrogens (tertiary/aromatic N) is 1. The average Bonchev–Trinajstić information content (AvgIpc) is 3.01. The number of carbonyl (C=O) groups is 3. The molecule has 1 aromatic heterocycles. The van der Waals surface area contributed by atoms with E-state index in [1.807, 2.05) is 30.3 Å². The number of esters is 1. The Bertz CT molecular complexity index is 881. The molecule has 7 nitrogen and oxygen atoms in total. The highest BCUT2D eigenvalue weighted by Gasteiger charge is 2.30. The first kappa shape index (κ1) is 19.7. The van der Waals surface area contributed by atoms with Gasteiger partial charge >= 0.3 is 5.97 Å². The van der Waals surface area contributed by atoms with Crippen LogP contribution >= 0.6 is 0 Å². The highest BCUT2D eigenvalue weighted by Crippen LogP contribution is 2.24. The number of methoxy groups -OCH3 is 1. The summed E-state index contributed by atoms with van der Waals surface area (Å²) in [5, 5.41) is 2.93. The molecule has 148 valence electrons. The van der Waals surface area contributed by atoms with Gasteiger partial charge in [-0.3, -0.25) is 9.59 Å². The van der Waals surface area contributed by atoms with Gasteiger partial charge in [-0.1, -0.05) is 18.2 Å². The van der Waals surface area contributed by atoms with Crippen molar-refractivity contribution in [3.8, 4) is 0 Å². The number of nitrogens with one attached hydrogen (secondary N) is 2. The molecule has 2 N–H and O–H groups in total. The third-order valence-electron chi connectivity index (χ3n) is 5.24. The second-order valence-corrected chi connectivity index (χ2v) is 7.04. The highest BCUT2D eigenvalue weighted by molar-refractivity contribution is 6.00. The van der Waals surface area contributed by atoms with E-state index in [1.54, 1.807) is 18.7 Å². The molecule has 7 heteroatoms. The normalized spacial score (nSPS) is 14.6. The van der Waals surface area contributed by atoms with Crippen LogP contribution in [-0.2, 0) is 9.53 Å². The van der Waals surface area contributed by atoms with E-state index < -0.39 is 5.97 Å². The van der Waals surface area contributed by atoms with Gasteiger partial charge in [-0.15, -0.1) is 0 Å². The van der Waals surface area contributed by atoms with Crippen molar-refractivity contribution in [2.75, 3.05) is 25.5 Å². The molecule has 0 aliphatic carbocycles. The molecule has 0 unspecified atom stereocenters. The van der Waals surface area contributed by atoms with E-state index in [9.17, 15) is 14.4 Å². The number of aromatic amines is 1. The summed E-state index contributed by atoms with van der Waals surface area (Å²) in [5.41, 5.74) is 2.80. The molecule has 1 aromatic carbocycles. The summed E-state index contributed by atoms with van der Waals surface area (Å²) in [5.74, 6) is -0.751. The SMILES string of the molecule is COC(=O)c1c(C)[nH]c(C(=O)N2CCC(C(=O)Nc3ccccc3)CC2)c1C. The van der Waals surface area contributed by atoms with Crippen LogP contribution in [-0.4, -0.2) is 47.9 Å². The zero-order chi connectivity index (χ0) is 20.3. The summed E-state index contributed by atoms with van der Waals surface area (Å²) in [6.07, 6.45) is 1.21. The Morgan fingerprint density at radius 2 is 1.75 bits per heavy atom. The molecule has 0 spiro atoms. The number of benzene rings is 1. The van der Waals surface area contributed by atoms with Crippen LogP contribution < -0.4 is 5.32 Å². The van der Waals surface area contributed by atoms with Gasteiger partial charge in [0.1, 0.15) is 5.69 Å². The Morgan fingerprint density at radius 3 is 2.36 bits per heavy atom. The third kappa shape index (κ3) is 3.93. The lowest BCUT2D eigenvalue weighted by molar-refractivity contribution is -0.121. The minimum Gasteiger partial charge on any atom is -0.465 e. The molecule has 28 heavy (non-hydrogen) atoms. The van der Waals surface area contributed by atoms with E-state index in [0.29, 0.717) is 48.4 Å². The largest absolute Gasteiger partial charge is 0.465 e. The van der Waals surface area contributed by atoms with E-state index >= 15 is 0 Å². The molecule has 0 saturated carbocycles. The number of aryl methyl sites for hydroxylation is 1. The number of para-hydroxylation sites is 1. The molecule has 1 aliphatic heterocycles. The van der Waals surface area contributed by atoms with Gasteiger partial charge in [-0.25, -0.2) is 4.79 Å². The number of aromatic nitrogens is 1. The van der Waals surface area contributed by atoms with Crippen molar-refractivity contribution >= 4 is 23.5 Å². The smallest absolute Gasteiger partial charge is 0.339 e. The van der Waals surface area contributed by atoms with Crippen LogP contribution in [0.15, 0.2) is 30.3 Å². The lowest BCUT2D eigenvalue weighted by Gasteiger charge is -2.31. The van der Waals surface area contributed by atoms with Gasteiger partial charge in [0.05, 0.1) is 12.7 Å². The summed E-state index contributed by atoms with van der Waals surface area (Å²) in [4.78, 5) is 42.0. The van der Waals surface area contributed by atoms with E-state index in [2.05, 4.69) is 10.3 Å². The van der Waals surface area contributed by atoms with Crippen molar-refractivity contribution < 1.29 is 19.1 Å². The fraction of sp³-hybridized carbons (Fsp3) is 0.381. The van der Waals surface area contributed by atoms with Crippen LogP contribution in [0.5, 0.6) is 0 Å². The van der Waals surface area contributed by atoms with Gasteiger partial charge in [-0.2, -0.15) is 0 Å². The summed E-state index contributed by atoms with van der Waals surface area (Å²) in [7, 11) is 1.32. The second kappa shape index (κ2) is 8.29. The lowest BCUT2D eigenvalue weighted by atomic mass is 9.95. The van der Waals surface area contributed by atoms with Gasteiger partial charge in [0, 0.05) is 30.4 Å². The number of carbonyl (C=O) groups excluding carboxylic acids is 3. The Balaban J connectivity index is 1.63. The molecular formula is C21H25N3O4. The lowest BCUT2D eigenvalue weighted by Crippen LogP contribution is -2.41. The highest BCUT2D eigenvalue weighted by atomic mass is 16.5. The molecule has 2 heterocycles. The molecule has 1 saturated heterocycles. The first-order chi connectivity index (χ1) is 13.4. The maximum atomic E-state index is 12.9. The number of piperidine rings is 1. The standard InChI is InChI=1S/C21H25N3O4/c1-13-17(21(27)28-3)14(2)22-18(13)20(26)24-11-9-15(10-12-24)19(25)23-16-7-5-4-6-8-16/h4-8,15,22H,9-12H2,1-3H3,(H,23,25). The Kier molecular flexibility index (Phi) is 5.82. The van der Waals surface area contributed by atoms with Gasteiger partial charge in [0.15, 0.2) is 0 Å². The Labute approximate surface area is 164 Å². The molecule has 0 atom stereocenters. The molecule has 0 radical (unpaired) electrons. The molecule has 3 rings (SSSR count). The van der Waals surface area contributed by atoms with Crippen molar-refractivity contribution in [1.29, 1.82) is 0 Å². The zero-order valence-electron chi connectivity index (χ0n) is 16.4. The van der Waals surface area contributed by atoms with Crippen molar-refractivity contribution in [2.45, 2.75) is 26.7 Å². The Morgan fingerprint density at radius 1 is 1.11 bits per heavy atom. The quantitative estimate of drug-likeness (QED) is 0.794. The van der Waals surface area contributed by atoms with Crippen LogP contribution in [0.2, 0.25) is 0 Å². The Hall–Kier alpha value is -3.09. The minimum absolute atomic E-state index is 0.0156. The van der Waals surface area contributed by atoms with Crippen LogP contribution in [0.3, 0.4) is 0 Å². The predicted molar refractivity (Wildman–Crippen MR) is 105 cm³/mol. The first-order valence-corrected chi connectivity index (χ1v) is 9.35. The van der Waals surface area contributed by atoms with Crippen molar-refractivity contribution in [3.63, 3.8) is 0 Å². The predicted octanol–water partition coefficient (Wildman–Crippen LogP) is 2.91. The molecule has 0 bridgehead atoms. The van der Waals surface area contributed by atoms with Gasteiger partial charge in [0.25, 0.3) is 5.91 Å². The van der Waals surface area contributed by atoms with E-state index in [4.69, 9.17) is 4.74 Å². The van der Waals surface area contributed by atoms with Crippen molar-refractivity contribution in [2.24, 2.45) is 5.92 Å². The van der Waals surface area contributed by atoms with E-state index in [0.717, 1.165) is 5.69 Å². The van der Waals surface area contributed by atoms with Gasteiger partial charge in [0.2, 0.25) is 5.91 Å². The average molecular weight is 383 g/mol. The van der Waals surface area contributed by atoms with Gasteiger partial charge in [-0.05, 0) is 44.4 Å². The number of H-pyrrole nitrogens is 1. The molecular weight excluding hydrogens is 358 g/mol. The van der Waals surface area contributed by atoms with Crippen LogP contribution in [0, 0.1) is 19.8 Å². The van der Waals surface area contributed by atoms with Crippen molar-refractivity contribution in [3.05, 3.63) is 52.8 Å². The van der Waals surface area contributed by atoms with Crippen LogP contribution in [0.25, 0.3) is 0 Å². The first-order valence-electron chi connectivity index (χ1n) is 9.35. The van der Waals surface area contributed by atoms with E-state index in [-0.39, 0.29) is 17.7 Å². The number of likely N-dealkylation sites (tertiary alicyclic amines) is 1. The number of amides is 2. The molecule has 2 amide bonds. The topological polar surface area (TPSA) is 91.5 Å². The molecule has 2 aromatic rings. The number of rotatable bonds is 4. The molecule has 1 fully saturated rings. The monoisotopic (exact) mass is 383 g/mol. The summed E-state index contributed by atoms with van der Waals surface area (Å²) < 4.78 is 4.80. The van der Waals surface area contributed by atoms with Gasteiger partial charge < -0.3 is 19.9 Å². The van der Waals surface area contributed by atoms with Crippen LogP contribution in [0.1, 0.15) is 44.9 Å². The second-order valence-electron chi connectivity index (χ2n) is 7.04.